The topological polar surface area (TPSA) is 100 Å². The van der Waals surface area contributed by atoms with E-state index in [0.717, 1.165) is 11.1 Å². The number of benzene rings is 4. The van der Waals surface area contributed by atoms with Crippen LogP contribution in [-0.4, -0.2) is 18.1 Å². The summed E-state index contributed by atoms with van der Waals surface area (Å²) >= 11 is 15.8. The Morgan fingerprint density at radius 1 is 0.935 bits per heavy atom. The molecule has 5 rings (SSSR count). The lowest BCUT2D eigenvalue weighted by Gasteiger charge is -2.22. The lowest BCUT2D eigenvalue weighted by atomic mass is 10.1. The summed E-state index contributed by atoms with van der Waals surface area (Å²) < 4.78 is 60.8. The monoisotopic (exact) mass is 752 g/mol. The van der Waals surface area contributed by atoms with Crippen molar-refractivity contribution in [2.24, 2.45) is 0 Å². The maximum atomic E-state index is 12.6. The van der Waals surface area contributed by atoms with Gasteiger partial charge >= 0.3 is 19.6 Å². The number of carbonyl (C=O) groups excluding carboxylic acids is 1. The summed E-state index contributed by atoms with van der Waals surface area (Å²) in [6, 6.07) is 23.9. The second-order valence-electron chi connectivity index (χ2n) is 9.67. The second kappa shape index (κ2) is 14.8. The molecule has 0 unspecified atom stereocenters. The molecule has 0 amide bonds. The predicted octanol–water partition coefficient (Wildman–Crippen LogP) is 10.8. The third-order valence-corrected chi connectivity index (χ3v) is 9.25. The molecule has 0 spiro atoms. The number of esters is 1. The van der Waals surface area contributed by atoms with Gasteiger partial charge in [0.05, 0.1) is 41.6 Å². The van der Waals surface area contributed by atoms with E-state index in [9.17, 15) is 18.4 Å². The molecule has 0 N–H and O–H groups in total. The summed E-state index contributed by atoms with van der Waals surface area (Å²) in [5.41, 5.74) is 2.77. The fourth-order valence-corrected chi connectivity index (χ4v) is 6.20. The van der Waals surface area contributed by atoms with E-state index in [-0.39, 0.29) is 12.6 Å². The molecule has 15 heteroatoms. The lowest BCUT2D eigenvalue weighted by molar-refractivity contribution is -0.0881. The molecule has 0 aliphatic carbocycles. The van der Waals surface area contributed by atoms with E-state index < -0.39 is 19.7 Å². The molecule has 0 fully saturated rings. The lowest BCUT2D eigenvalue weighted by Crippen LogP contribution is -2.17. The molecule has 238 valence electrons. The van der Waals surface area contributed by atoms with Crippen LogP contribution in [0, 0.1) is 0 Å². The Morgan fingerprint density at radius 2 is 1.61 bits per heavy atom. The van der Waals surface area contributed by atoms with Gasteiger partial charge in [0.1, 0.15) is 11.5 Å². The van der Waals surface area contributed by atoms with Gasteiger partial charge in [0.15, 0.2) is 5.76 Å². The molecule has 0 saturated heterocycles. The number of oxazole rings is 1. The van der Waals surface area contributed by atoms with Crippen LogP contribution in [0.15, 0.2) is 100 Å². The van der Waals surface area contributed by atoms with Gasteiger partial charge in [-0.25, -0.2) is 9.78 Å². The first kappa shape index (κ1) is 33.6. The highest BCUT2D eigenvalue weighted by Crippen LogP contribution is 2.53. The van der Waals surface area contributed by atoms with E-state index in [0.29, 0.717) is 48.6 Å². The molecule has 5 aromatic rings. The van der Waals surface area contributed by atoms with E-state index in [2.05, 4.69) is 30.4 Å². The highest BCUT2D eigenvalue weighted by Gasteiger charge is 2.29. The van der Waals surface area contributed by atoms with Crippen LogP contribution < -0.4 is 9.64 Å². The zero-order valence-corrected chi connectivity index (χ0v) is 27.7. The number of rotatable bonds is 12. The Kier molecular flexibility index (Phi) is 10.8. The van der Waals surface area contributed by atoms with E-state index in [1.807, 2.05) is 12.1 Å². The zero-order valence-electron chi connectivity index (χ0n) is 23.7. The van der Waals surface area contributed by atoms with Crippen LogP contribution in [0.25, 0.3) is 11.3 Å². The average Bonchev–Trinajstić information content (AvgIpc) is 3.56. The van der Waals surface area contributed by atoms with Crippen molar-refractivity contribution < 1.29 is 41.8 Å². The summed E-state index contributed by atoms with van der Waals surface area (Å²) in [5.74, 6) is 1.14. The average molecular weight is 754 g/mol. The summed E-state index contributed by atoms with van der Waals surface area (Å²) in [6.45, 7) is 0.217. The number of carbonyl (C=O) groups is 1. The van der Waals surface area contributed by atoms with Gasteiger partial charge in [-0.15, -0.1) is 9.46 Å². The van der Waals surface area contributed by atoms with Crippen molar-refractivity contribution in [2.75, 3.05) is 12.0 Å². The number of ether oxygens (including phenoxy) is 2. The Bertz CT molecular complexity index is 1890. The van der Waals surface area contributed by atoms with Gasteiger partial charge in [-0.2, -0.15) is 0 Å². The van der Waals surface area contributed by atoms with E-state index in [4.69, 9.17) is 37.1 Å². The number of hydrogen-bond donors (Lipinski definition) is 0. The highest BCUT2D eigenvalue weighted by atomic mass is 79.9. The number of hydrogen-bond acceptors (Lipinski definition) is 9. The molecular weight excluding hydrogens is 732 g/mol. The summed E-state index contributed by atoms with van der Waals surface area (Å²) in [7, 11) is -3.26. The normalized spacial score (nSPS) is 11.3. The third-order valence-electron chi connectivity index (χ3n) is 6.62. The first-order chi connectivity index (χ1) is 22.1. The van der Waals surface area contributed by atoms with E-state index in [1.165, 1.54) is 13.2 Å². The molecule has 0 radical (unpaired) electrons. The van der Waals surface area contributed by atoms with Gasteiger partial charge in [0.25, 0.3) is 0 Å². The van der Waals surface area contributed by atoms with Gasteiger partial charge in [0, 0.05) is 15.7 Å². The Balaban J connectivity index is 1.37. The second-order valence-corrected chi connectivity index (χ2v) is 13.1. The standard InChI is InChI=1S/C31H22BrCl2F2N2O7P/c1-41-30(39)21-6-11-25(12-7-21)42-24-9-4-20(5-10-24)29-16-37-31(43-29)38(23-8-13-27(33)28(34)15-23)17-19-2-3-22(26(32)14-19)18-46(40,44-35)45-36/h2-16H,17-18H2,1H3. The first-order valence-corrected chi connectivity index (χ1v) is 16.5. The Labute approximate surface area is 280 Å². The summed E-state index contributed by atoms with van der Waals surface area (Å²) in [5, 5.41) is 0.679. The minimum atomic E-state index is -4.58. The molecule has 1 aromatic heterocycles. The summed E-state index contributed by atoms with van der Waals surface area (Å²) in [6.07, 6.45) is 0.942. The molecule has 0 aliphatic heterocycles. The van der Waals surface area contributed by atoms with Crippen molar-refractivity contribution in [3.8, 4) is 22.8 Å². The number of nitrogens with zero attached hydrogens (tertiary/aromatic N) is 2. The quantitative estimate of drug-likeness (QED) is 0.0910. The van der Waals surface area contributed by atoms with E-state index >= 15 is 0 Å². The van der Waals surface area contributed by atoms with Crippen LogP contribution in [0.5, 0.6) is 11.5 Å². The van der Waals surface area contributed by atoms with Gasteiger partial charge in [0.2, 0.25) is 0 Å². The largest absolute Gasteiger partial charge is 0.465 e. The van der Waals surface area contributed by atoms with Crippen LogP contribution in [0.1, 0.15) is 21.5 Å². The van der Waals surface area contributed by atoms with Crippen LogP contribution >= 0.6 is 46.7 Å². The minimum absolute atomic E-state index is 0.217. The maximum absolute atomic E-state index is 12.6. The number of methoxy groups -OCH3 is 1. The molecule has 0 aliphatic rings. The van der Waals surface area contributed by atoms with Crippen LogP contribution in [0.3, 0.4) is 0 Å². The Morgan fingerprint density at radius 3 is 2.22 bits per heavy atom. The number of halogens is 5. The SMILES string of the molecule is COC(=O)c1ccc(Oc2ccc(-c3cnc(N(Cc4ccc(CP(=O)(OF)OF)c(Br)c4)c4ccc(Cl)c(Cl)c4)o3)cc2)cc1. The van der Waals surface area contributed by atoms with Crippen molar-refractivity contribution in [2.45, 2.75) is 12.7 Å². The first-order valence-electron chi connectivity index (χ1n) is 13.2. The fraction of sp³-hybridized carbons (Fsp3) is 0.0968. The van der Waals surface area contributed by atoms with E-state index in [1.54, 1.807) is 77.8 Å². The van der Waals surface area contributed by atoms with Crippen molar-refractivity contribution in [3.63, 3.8) is 0 Å². The van der Waals surface area contributed by atoms with Crippen molar-refractivity contribution in [1.82, 2.24) is 4.98 Å². The van der Waals surface area contributed by atoms with Crippen molar-refractivity contribution in [3.05, 3.63) is 122 Å². The molecule has 4 aromatic carbocycles. The smallest absolute Gasteiger partial charge is 0.399 e. The zero-order chi connectivity index (χ0) is 32.8. The molecule has 46 heavy (non-hydrogen) atoms. The van der Waals surface area contributed by atoms with Gasteiger partial charge in [-0.05, 0) is 93.0 Å². The minimum Gasteiger partial charge on any atom is -0.465 e. The van der Waals surface area contributed by atoms with Crippen molar-refractivity contribution >= 4 is 64.4 Å². The third kappa shape index (κ3) is 7.95. The van der Waals surface area contributed by atoms with Crippen LogP contribution in [0.2, 0.25) is 10.0 Å². The predicted molar refractivity (Wildman–Crippen MR) is 172 cm³/mol. The number of aromatic nitrogens is 1. The summed E-state index contributed by atoms with van der Waals surface area (Å²) in [4.78, 5) is 17.9. The molecule has 1 heterocycles. The van der Waals surface area contributed by atoms with Crippen LogP contribution in [-0.2, 0) is 31.5 Å². The molecule has 9 nitrogen and oxygen atoms in total. The molecular formula is C31H22BrCl2F2N2O7P. The van der Waals surface area contributed by atoms with Gasteiger partial charge in [-0.3, -0.25) is 9.46 Å². The van der Waals surface area contributed by atoms with Crippen molar-refractivity contribution in [1.29, 1.82) is 0 Å². The van der Waals surface area contributed by atoms with Gasteiger partial charge in [-0.1, -0.05) is 51.3 Å². The molecule has 0 bridgehead atoms. The molecule has 0 atom stereocenters. The fourth-order valence-electron chi connectivity index (χ4n) is 4.31. The maximum Gasteiger partial charge on any atom is 0.399 e. The Hall–Kier alpha value is -3.77. The highest BCUT2D eigenvalue weighted by molar-refractivity contribution is 9.10. The molecule has 0 saturated carbocycles. The number of anilines is 2. The van der Waals surface area contributed by atoms with Gasteiger partial charge < -0.3 is 13.9 Å². The van der Waals surface area contributed by atoms with Crippen LogP contribution in [0.4, 0.5) is 20.8 Å².